The van der Waals surface area contributed by atoms with Gasteiger partial charge in [0, 0.05) is 19.3 Å². The van der Waals surface area contributed by atoms with Crippen molar-refractivity contribution in [2.75, 3.05) is 6.61 Å². The van der Waals surface area contributed by atoms with E-state index in [2.05, 4.69) is 26.6 Å². The molecule has 0 heterocycles. The van der Waals surface area contributed by atoms with Crippen molar-refractivity contribution in [3.8, 4) is 0 Å². The lowest BCUT2D eigenvalue weighted by Gasteiger charge is -2.27. The largest absolute Gasteiger partial charge is 0.481 e. The van der Waals surface area contributed by atoms with Crippen LogP contribution in [0.4, 0.5) is 0 Å². The lowest BCUT2D eigenvalue weighted by molar-refractivity contribution is -0.142. The molecule has 18 nitrogen and oxygen atoms in total. The minimum absolute atomic E-state index is 0.00346. The van der Waals surface area contributed by atoms with Crippen molar-refractivity contribution in [1.82, 2.24) is 26.6 Å². The summed E-state index contributed by atoms with van der Waals surface area (Å²) in [6.07, 6.45) is -1.70. The molecular weight excluding hydrogens is 646 g/mol. The summed E-state index contributed by atoms with van der Waals surface area (Å²) in [5, 5.41) is 39.5. The minimum atomic E-state index is -1.53. The van der Waals surface area contributed by atoms with Crippen molar-refractivity contribution >= 4 is 47.4 Å². The van der Waals surface area contributed by atoms with Crippen LogP contribution in [0, 0.1) is 5.92 Å². The Labute approximate surface area is 283 Å². The molecule has 0 saturated carbocycles. The molecule has 0 aliphatic rings. The summed E-state index contributed by atoms with van der Waals surface area (Å²) < 4.78 is 0. The molecule has 0 aromatic heterocycles. The summed E-state index contributed by atoms with van der Waals surface area (Å²) >= 11 is 0. The minimum Gasteiger partial charge on any atom is -0.481 e. The first-order valence-electron chi connectivity index (χ1n) is 15.6. The topological polar surface area (TPSA) is 309 Å². The van der Waals surface area contributed by atoms with Crippen molar-refractivity contribution in [3.05, 3.63) is 35.9 Å². The van der Waals surface area contributed by atoms with E-state index >= 15 is 0 Å². The first-order valence-corrected chi connectivity index (χ1v) is 15.6. The van der Waals surface area contributed by atoms with Crippen LogP contribution in [0.1, 0.15) is 58.4 Å². The third kappa shape index (κ3) is 16.0. The average Bonchev–Trinajstić information content (AvgIpc) is 3.03. The van der Waals surface area contributed by atoms with Crippen molar-refractivity contribution in [2.45, 2.75) is 95.5 Å². The van der Waals surface area contributed by atoms with Crippen LogP contribution < -0.4 is 38.1 Å². The summed E-state index contributed by atoms with van der Waals surface area (Å²) in [7, 11) is 0. The zero-order valence-electron chi connectivity index (χ0n) is 27.6. The standard InChI is InChI=1S/C31H47N7O11/c1-16(2)13-22(38-30(47)23(37-26(43)19(32)15-39)14-18-7-5-4-6-8-18)29(46)36-20(9-11-24(33)40)28(45)35-21(10-12-25(41)42)27(44)34-17(3)31(48)49/h4-8,16-17,19-23,39H,9-15,32H2,1-3H3,(H2,33,40)(H,34,44)(H,35,45)(H,36,46)(H,37,43)(H,38,47)(H,41,42)(H,48,49)/t17-,19-,20-,21-,22-,23-/m0/s1. The van der Waals surface area contributed by atoms with Crippen molar-refractivity contribution in [3.63, 3.8) is 0 Å². The molecular formula is C31H47N7O11. The lowest BCUT2D eigenvalue weighted by atomic mass is 10.00. The molecule has 1 aromatic carbocycles. The van der Waals surface area contributed by atoms with Gasteiger partial charge in [0.1, 0.15) is 36.3 Å². The van der Waals surface area contributed by atoms with E-state index in [0.29, 0.717) is 5.56 Å². The highest BCUT2D eigenvalue weighted by atomic mass is 16.4. The molecule has 0 aliphatic carbocycles. The number of carboxylic acid groups (broad SMARTS) is 2. The fraction of sp³-hybridized carbons (Fsp3) is 0.548. The highest BCUT2D eigenvalue weighted by molar-refractivity contribution is 5.96. The van der Waals surface area contributed by atoms with Gasteiger partial charge < -0.3 is 53.4 Å². The molecule has 12 N–H and O–H groups in total. The maximum atomic E-state index is 13.6. The van der Waals surface area contributed by atoms with E-state index in [9.17, 15) is 43.5 Å². The van der Waals surface area contributed by atoms with Gasteiger partial charge in [-0.25, -0.2) is 0 Å². The Kier molecular flexibility index (Phi) is 18.0. The molecule has 1 aromatic rings. The van der Waals surface area contributed by atoms with Crippen LogP contribution in [0.25, 0.3) is 0 Å². The third-order valence-corrected chi connectivity index (χ3v) is 7.11. The number of benzene rings is 1. The first-order chi connectivity index (χ1) is 22.9. The molecule has 6 amide bonds. The summed E-state index contributed by atoms with van der Waals surface area (Å²) in [6, 6.07) is 0.381. The van der Waals surface area contributed by atoms with E-state index < -0.39 is 110 Å². The molecule has 6 atom stereocenters. The number of amides is 6. The number of carboxylic acids is 2. The number of aliphatic hydroxyl groups is 1. The molecule has 0 spiro atoms. The second-order valence-corrected chi connectivity index (χ2v) is 11.9. The first kappa shape index (κ1) is 41.9. The Morgan fingerprint density at radius 3 is 1.63 bits per heavy atom. The predicted octanol–water partition coefficient (Wildman–Crippen LogP) is -2.75. The summed E-state index contributed by atoms with van der Waals surface area (Å²) in [5.41, 5.74) is 11.5. The molecule has 1 rings (SSSR count). The molecule has 0 fully saturated rings. The van der Waals surface area contributed by atoms with Crippen LogP contribution in [-0.2, 0) is 44.8 Å². The van der Waals surface area contributed by atoms with Crippen LogP contribution in [-0.4, -0.2) is 106 Å². The third-order valence-electron chi connectivity index (χ3n) is 7.11. The molecule has 0 bridgehead atoms. The molecule has 0 saturated heterocycles. The predicted molar refractivity (Wildman–Crippen MR) is 173 cm³/mol. The summed E-state index contributed by atoms with van der Waals surface area (Å²) in [5.74, 6) is -8.16. The van der Waals surface area contributed by atoms with Crippen LogP contribution in [0.2, 0.25) is 0 Å². The van der Waals surface area contributed by atoms with Gasteiger partial charge in [0.2, 0.25) is 35.4 Å². The van der Waals surface area contributed by atoms with Crippen LogP contribution in [0.5, 0.6) is 0 Å². The van der Waals surface area contributed by atoms with E-state index in [1.807, 2.05) is 0 Å². The molecule has 18 heteroatoms. The highest BCUT2D eigenvalue weighted by Gasteiger charge is 2.33. The lowest BCUT2D eigenvalue weighted by Crippen LogP contribution is -2.59. The van der Waals surface area contributed by atoms with E-state index in [1.54, 1.807) is 44.2 Å². The summed E-state index contributed by atoms with van der Waals surface area (Å²) in [6.45, 7) is 4.00. The Morgan fingerprint density at radius 1 is 0.673 bits per heavy atom. The van der Waals surface area contributed by atoms with E-state index in [1.165, 1.54) is 0 Å². The van der Waals surface area contributed by atoms with Gasteiger partial charge in [-0.3, -0.25) is 38.4 Å². The van der Waals surface area contributed by atoms with Gasteiger partial charge in [0.25, 0.3) is 0 Å². The number of aliphatic hydroxyl groups excluding tert-OH is 1. The van der Waals surface area contributed by atoms with E-state index in [0.717, 1.165) is 6.92 Å². The van der Waals surface area contributed by atoms with Gasteiger partial charge in [0.05, 0.1) is 6.61 Å². The van der Waals surface area contributed by atoms with Crippen molar-refractivity contribution in [1.29, 1.82) is 0 Å². The normalized spacial score (nSPS) is 14.6. The Morgan fingerprint density at radius 2 is 1.14 bits per heavy atom. The van der Waals surface area contributed by atoms with Gasteiger partial charge in [-0.15, -0.1) is 0 Å². The molecule has 49 heavy (non-hydrogen) atoms. The number of hydrogen-bond acceptors (Lipinski definition) is 10. The van der Waals surface area contributed by atoms with Gasteiger partial charge in [0.15, 0.2) is 0 Å². The van der Waals surface area contributed by atoms with Crippen LogP contribution in [0.15, 0.2) is 30.3 Å². The van der Waals surface area contributed by atoms with Crippen molar-refractivity contribution < 1.29 is 53.7 Å². The van der Waals surface area contributed by atoms with Gasteiger partial charge in [-0.1, -0.05) is 44.2 Å². The van der Waals surface area contributed by atoms with Gasteiger partial charge in [-0.2, -0.15) is 0 Å². The van der Waals surface area contributed by atoms with Crippen molar-refractivity contribution in [2.24, 2.45) is 17.4 Å². The summed E-state index contributed by atoms with van der Waals surface area (Å²) in [4.78, 5) is 99.8. The number of nitrogens with two attached hydrogens (primary N) is 2. The number of hydrogen-bond donors (Lipinski definition) is 10. The Balaban J connectivity index is 3.30. The fourth-order valence-corrected chi connectivity index (χ4v) is 4.41. The highest BCUT2D eigenvalue weighted by Crippen LogP contribution is 2.10. The van der Waals surface area contributed by atoms with E-state index in [-0.39, 0.29) is 25.2 Å². The number of carbonyl (C=O) groups is 8. The number of primary amides is 1. The monoisotopic (exact) mass is 693 g/mol. The number of nitrogens with one attached hydrogen (secondary N) is 5. The fourth-order valence-electron chi connectivity index (χ4n) is 4.41. The number of aliphatic carboxylic acids is 2. The molecule has 0 radical (unpaired) electrons. The maximum absolute atomic E-state index is 13.6. The second-order valence-electron chi connectivity index (χ2n) is 11.9. The maximum Gasteiger partial charge on any atom is 0.325 e. The average molecular weight is 694 g/mol. The van der Waals surface area contributed by atoms with Gasteiger partial charge >= 0.3 is 11.9 Å². The zero-order valence-corrected chi connectivity index (χ0v) is 27.6. The molecule has 272 valence electrons. The zero-order chi connectivity index (χ0) is 37.3. The SMILES string of the molecule is CC(C)C[C@H](NC(=O)[C@H](Cc1ccccc1)NC(=O)[C@@H](N)CO)C(=O)N[C@@H](CCC(N)=O)C(=O)N[C@@H](CCC(=O)O)C(=O)N[C@@H](C)C(=O)O. The van der Waals surface area contributed by atoms with E-state index in [4.69, 9.17) is 21.7 Å². The number of rotatable bonds is 22. The second kappa shape index (κ2) is 21.0. The molecule has 0 aliphatic heterocycles. The van der Waals surface area contributed by atoms with Crippen LogP contribution in [0.3, 0.4) is 0 Å². The Hall–Kier alpha value is -5.10. The number of carbonyl (C=O) groups excluding carboxylic acids is 6. The quantitative estimate of drug-likeness (QED) is 0.0591. The molecule has 0 unspecified atom stereocenters. The Bertz CT molecular complexity index is 1330. The van der Waals surface area contributed by atoms with Crippen LogP contribution >= 0.6 is 0 Å². The van der Waals surface area contributed by atoms with Gasteiger partial charge in [-0.05, 0) is 37.7 Å². The smallest absolute Gasteiger partial charge is 0.325 e.